The van der Waals surface area contributed by atoms with E-state index in [0.29, 0.717) is 12.1 Å². The predicted octanol–water partition coefficient (Wildman–Crippen LogP) is 1.91. The van der Waals surface area contributed by atoms with Gasteiger partial charge in [-0.25, -0.2) is 0 Å². The second-order valence-corrected chi connectivity index (χ2v) is 3.53. The summed E-state index contributed by atoms with van der Waals surface area (Å²) in [5.41, 5.74) is 1.44. The van der Waals surface area contributed by atoms with E-state index in [0.717, 1.165) is 17.5 Å². The van der Waals surface area contributed by atoms with Gasteiger partial charge in [0, 0.05) is 19.0 Å². The fourth-order valence-corrected chi connectivity index (χ4v) is 1.27. The SMILES string of the molecule is COc1ccc(CN/C=C(\C=N)C(C)=O)cc1. The van der Waals surface area contributed by atoms with Crippen molar-refractivity contribution < 1.29 is 9.53 Å². The molecule has 17 heavy (non-hydrogen) atoms. The fourth-order valence-electron chi connectivity index (χ4n) is 1.27. The summed E-state index contributed by atoms with van der Waals surface area (Å²) >= 11 is 0. The Morgan fingerprint density at radius 1 is 1.41 bits per heavy atom. The van der Waals surface area contributed by atoms with Crippen molar-refractivity contribution in [3.8, 4) is 5.75 Å². The Labute approximate surface area is 101 Å². The summed E-state index contributed by atoms with van der Waals surface area (Å²) in [6, 6.07) is 7.64. The molecule has 0 saturated carbocycles. The summed E-state index contributed by atoms with van der Waals surface area (Å²) in [4.78, 5) is 11.0. The number of allylic oxidation sites excluding steroid dienone is 1. The fraction of sp³-hybridized carbons (Fsp3) is 0.231. The van der Waals surface area contributed by atoms with Crippen LogP contribution in [0.4, 0.5) is 0 Å². The molecule has 2 N–H and O–H groups in total. The number of Topliss-reactive ketones (excluding diaryl/α,β-unsaturated/α-hetero) is 1. The van der Waals surface area contributed by atoms with Gasteiger partial charge in [0.1, 0.15) is 5.75 Å². The van der Waals surface area contributed by atoms with E-state index in [1.807, 2.05) is 24.3 Å². The van der Waals surface area contributed by atoms with Crippen LogP contribution in [0.15, 0.2) is 36.0 Å². The average Bonchev–Trinajstić information content (AvgIpc) is 2.35. The van der Waals surface area contributed by atoms with Crippen LogP contribution in [-0.4, -0.2) is 19.1 Å². The molecule has 0 aromatic heterocycles. The van der Waals surface area contributed by atoms with Crippen molar-refractivity contribution >= 4 is 12.0 Å². The van der Waals surface area contributed by atoms with Crippen LogP contribution in [0.1, 0.15) is 12.5 Å². The van der Waals surface area contributed by atoms with Crippen LogP contribution in [0.5, 0.6) is 5.75 Å². The maximum Gasteiger partial charge on any atom is 0.162 e. The molecule has 4 heteroatoms. The first kappa shape index (κ1) is 13.0. The minimum absolute atomic E-state index is 0.123. The number of carbonyl (C=O) groups excluding carboxylic acids is 1. The molecular weight excluding hydrogens is 216 g/mol. The molecule has 0 aliphatic rings. The van der Waals surface area contributed by atoms with Gasteiger partial charge in [-0.05, 0) is 24.6 Å². The van der Waals surface area contributed by atoms with Gasteiger partial charge in [-0.2, -0.15) is 0 Å². The largest absolute Gasteiger partial charge is 0.497 e. The zero-order valence-electron chi connectivity index (χ0n) is 9.99. The highest BCUT2D eigenvalue weighted by atomic mass is 16.5. The quantitative estimate of drug-likeness (QED) is 0.581. The highest BCUT2D eigenvalue weighted by Crippen LogP contribution is 2.10. The van der Waals surface area contributed by atoms with E-state index in [2.05, 4.69) is 5.32 Å². The standard InChI is InChI=1S/C13H16N2O2/c1-10(16)12(7-14)9-15-8-11-3-5-13(17-2)6-4-11/h3-7,9,14-15H,8H2,1-2H3/b12-9+,14-7?. The molecule has 1 aromatic rings. The van der Waals surface area contributed by atoms with Crippen LogP contribution in [0.2, 0.25) is 0 Å². The number of ether oxygens (including phenoxy) is 1. The van der Waals surface area contributed by atoms with Gasteiger partial charge >= 0.3 is 0 Å². The number of rotatable bonds is 6. The Morgan fingerprint density at radius 2 is 2.06 bits per heavy atom. The number of hydrogen-bond donors (Lipinski definition) is 2. The third kappa shape index (κ3) is 4.10. The summed E-state index contributed by atoms with van der Waals surface area (Å²) < 4.78 is 5.05. The summed E-state index contributed by atoms with van der Waals surface area (Å²) in [6.07, 6.45) is 2.60. The molecule has 0 saturated heterocycles. The molecule has 0 atom stereocenters. The van der Waals surface area contributed by atoms with Crippen molar-refractivity contribution in [2.24, 2.45) is 0 Å². The zero-order valence-corrected chi connectivity index (χ0v) is 9.99. The molecule has 0 aliphatic heterocycles. The van der Waals surface area contributed by atoms with Crippen molar-refractivity contribution in [1.82, 2.24) is 5.32 Å². The Morgan fingerprint density at radius 3 is 2.53 bits per heavy atom. The van der Waals surface area contributed by atoms with E-state index in [1.165, 1.54) is 6.92 Å². The van der Waals surface area contributed by atoms with Gasteiger partial charge < -0.3 is 15.5 Å². The lowest BCUT2D eigenvalue weighted by Gasteiger charge is -2.04. The van der Waals surface area contributed by atoms with E-state index in [9.17, 15) is 4.79 Å². The van der Waals surface area contributed by atoms with E-state index < -0.39 is 0 Å². The monoisotopic (exact) mass is 232 g/mol. The Bertz CT molecular complexity index is 422. The minimum atomic E-state index is -0.123. The average molecular weight is 232 g/mol. The maximum absolute atomic E-state index is 11.0. The van der Waals surface area contributed by atoms with Crippen molar-refractivity contribution in [3.05, 3.63) is 41.6 Å². The van der Waals surface area contributed by atoms with Gasteiger partial charge in [0.15, 0.2) is 5.78 Å². The second-order valence-electron chi connectivity index (χ2n) is 3.53. The molecule has 4 nitrogen and oxygen atoms in total. The number of carbonyl (C=O) groups is 1. The van der Waals surface area contributed by atoms with Crippen LogP contribution in [0, 0.1) is 5.41 Å². The Hall–Kier alpha value is -2.10. The number of benzene rings is 1. The van der Waals surface area contributed by atoms with E-state index in [4.69, 9.17) is 10.1 Å². The van der Waals surface area contributed by atoms with Crippen molar-refractivity contribution in [2.75, 3.05) is 7.11 Å². The van der Waals surface area contributed by atoms with E-state index >= 15 is 0 Å². The molecule has 0 amide bonds. The highest BCUT2D eigenvalue weighted by molar-refractivity contribution is 6.11. The Balaban J connectivity index is 2.55. The van der Waals surface area contributed by atoms with Crippen LogP contribution < -0.4 is 10.1 Å². The van der Waals surface area contributed by atoms with Gasteiger partial charge in [0.2, 0.25) is 0 Å². The molecule has 0 fully saturated rings. The predicted molar refractivity (Wildman–Crippen MR) is 67.4 cm³/mol. The third-order valence-corrected chi connectivity index (χ3v) is 2.28. The lowest BCUT2D eigenvalue weighted by molar-refractivity contribution is -0.113. The minimum Gasteiger partial charge on any atom is -0.497 e. The molecule has 0 unspecified atom stereocenters. The number of nitrogens with one attached hydrogen (secondary N) is 2. The Kier molecular flexibility index (Phi) is 4.94. The van der Waals surface area contributed by atoms with Crippen molar-refractivity contribution in [3.63, 3.8) is 0 Å². The van der Waals surface area contributed by atoms with E-state index in [1.54, 1.807) is 13.3 Å². The van der Waals surface area contributed by atoms with Gasteiger partial charge in [-0.1, -0.05) is 12.1 Å². The van der Waals surface area contributed by atoms with Crippen molar-refractivity contribution in [1.29, 1.82) is 5.41 Å². The first-order valence-electron chi connectivity index (χ1n) is 5.25. The third-order valence-electron chi connectivity index (χ3n) is 2.28. The second kappa shape index (κ2) is 6.48. The molecule has 90 valence electrons. The van der Waals surface area contributed by atoms with Gasteiger partial charge in [0.25, 0.3) is 0 Å². The smallest absolute Gasteiger partial charge is 0.162 e. The molecule has 1 aromatic carbocycles. The highest BCUT2D eigenvalue weighted by Gasteiger charge is 1.98. The molecule has 0 bridgehead atoms. The van der Waals surface area contributed by atoms with Gasteiger partial charge in [0.05, 0.1) is 12.7 Å². The van der Waals surface area contributed by atoms with Crippen LogP contribution in [-0.2, 0) is 11.3 Å². The zero-order chi connectivity index (χ0) is 12.7. The summed E-state index contributed by atoms with van der Waals surface area (Å²) in [5.74, 6) is 0.690. The normalized spacial score (nSPS) is 10.8. The van der Waals surface area contributed by atoms with Gasteiger partial charge in [-0.15, -0.1) is 0 Å². The topological polar surface area (TPSA) is 62.2 Å². The summed E-state index contributed by atoms with van der Waals surface area (Å²) in [6.45, 7) is 2.04. The number of ketones is 1. The molecule has 0 heterocycles. The van der Waals surface area contributed by atoms with Crippen LogP contribution >= 0.6 is 0 Å². The molecule has 0 aliphatic carbocycles. The lowest BCUT2D eigenvalue weighted by Crippen LogP contribution is -2.09. The number of hydrogen-bond acceptors (Lipinski definition) is 4. The first-order valence-corrected chi connectivity index (χ1v) is 5.25. The molecule has 1 rings (SSSR count). The lowest BCUT2D eigenvalue weighted by atomic mass is 10.2. The number of methoxy groups -OCH3 is 1. The molecule has 0 spiro atoms. The first-order chi connectivity index (χ1) is 8.17. The van der Waals surface area contributed by atoms with Crippen molar-refractivity contribution in [2.45, 2.75) is 13.5 Å². The van der Waals surface area contributed by atoms with Gasteiger partial charge in [-0.3, -0.25) is 4.79 Å². The molecule has 0 radical (unpaired) electrons. The summed E-state index contributed by atoms with van der Waals surface area (Å²) in [7, 11) is 1.62. The van der Waals surface area contributed by atoms with E-state index in [-0.39, 0.29) is 5.78 Å². The maximum atomic E-state index is 11.0. The van der Waals surface area contributed by atoms with Crippen LogP contribution in [0.3, 0.4) is 0 Å². The summed E-state index contributed by atoms with van der Waals surface area (Å²) in [5, 5.41) is 10.1. The van der Waals surface area contributed by atoms with Crippen LogP contribution in [0.25, 0.3) is 0 Å². The molecular formula is C13H16N2O2.